The molecule has 1 heterocycles. The second-order valence-electron chi connectivity index (χ2n) is 5.87. The summed E-state index contributed by atoms with van der Waals surface area (Å²) in [5.74, 6) is 0.550. The van der Waals surface area contributed by atoms with E-state index < -0.39 is 11.6 Å². The monoisotopic (exact) mass is 290 g/mol. The van der Waals surface area contributed by atoms with Gasteiger partial charge in [-0.3, -0.25) is 14.5 Å². The molecule has 0 aliphatic carbocycles. The number of amides is 2. The largest absolute Gasteiger partial charge is 0.496 e. The predicted octanol–water partition coefficient (Wildman–Crippen LogP) is 2.02. The number of carbonyl (C=O) groups is 2. The zero-order chi connectivity index (χ0) is 15.8. The first-order valence-corrected chi connectivity index (χ1v) is 7.12. The van der Waals surface area contributed by atoms with Crippen LogP contribution in [0.15, 0.2) is 18.2 Å². The summed E-state index contributed by atoms with van der Waals surface area (Å²) in [4.78, 5) is 26.6. The Morgan fingerprint density at radius 2 is 2.00 bits per heavy atom. The molecule has 0 radical (unpaired) electrons. The normalized spacial score (nSPS) is 21.2. The van der Waals surface area contributed by atoms with Crippen LogP contribution in [0.4, 0.5) is 5.69 Å². The van der Waals surface area contributed by atoms with E-state index in [1.807, 2.05) is 32.0 Å². The third kappa shape index (κ3) is 2.60. The number of carbonyl (C=O) groups excluding carboxylic acids is 2. The minimum Gasteiger partial charge on any atom is -0.496 e. The van der Waals surface area contributed by atoms with Crippen LogP contribution in [0.1, 0.15) is 32.8 Å². The van der Waals surface area contributed by atoms with Crippen molar-refractivity contribution in [3.05, 3.63) is 23.8 Å². The lowest BCUT2D eigenvalue weighted by Gasteiger charge is -2.42. The summed E-state index contributed by atoms with van der Waals surface area (Å²) in [5.41, 5.74) is 0.769. The second kappa shape index (κ2) is 5.39. The van der Waals surface area contributed by atoms with E-state index in [0.717, 1.165) is 17.0 Å². The molecule has 0 bridgehead atoms. The van der Waals surface area contributed by atoms with Gasteiger partial charge in [0.1, 0.15) is 17.3 Å². The van der Waals surface area contributed by atoms with Gasteiger partial charge in [-0.2, -0.15) is 0 Å². The number of nitrogens with zero attached hydrogens (tertiary/aromatic N) is 1. The Hall–Kier alpha value is -2.04. The van der Waals surface area contributed by atoms with Crippen molar-refractivity contribution in [1.29, 1.82) is 0 Å². The van der Waals surface area contributed by atoms with Gasteiger partial charge in [-0.15, -0.1) is 0 Å². The summed E-state index contributed by atoms with van der Waals surface area (Å²) in [7, 11) is 1.61. The van der Waals surface area contributed by atoms with E-state index in [9.17, 15) is 9.59 Å². The van der Waals surface area contributed by atoms with Crippen molar-refractivity contribution in [2.75, 3.05) is 12.0 Å². The third-order valence-corrected chi connectivity index (χ3v) is 3.85. The van der Waals surface area contributed by atoms with Gasteiger partial charge in [0.15, 0.2) is 0 Å². The molecule has 0 spiro atoms. The summed E-state index contributed by atoms with van der Waals surface area (Å²) in [6.07, 6.45) is 0.568. The highest BCUT2D eigenvalue weighted by Gasteiger charge is 2.45. The molecule has 1 saturated heterocycles. The molecule has 1 N–H and O–H groups in total. The van der Waals surface area contributed by atoms with E-state index >= 15 is 0 Å². The van der Waals surface area contributed by atoms with Crippen LogP contribution in [0.25, 0.3) is 0 Å². The Morgan fingerprint density at radius 3 is 2.52 bits per heavy atom. The van der Waals surface area contributed by atoms with Gasteiger partial charge in [0.2, 0.25) is 5.91 Å². The van der Waals surface area contributed by atoms with Crippen molar-refractivity contribution >= 4 is 17.5 Å². The molecule has 5 heteroatoms. The molecule has 1 fully saturated rings. The highest BCUT2D eigenvalue weighted by atomic mass is 16.5. The average Bonchev–Trinajstić information content (AvgIpc) is 2.42. The molecular weight excluding hydrogens is 268 g/mol. The Balaban J connectivity index is 2.49. The van der Waals surface area contributed by atoms with Crippen LogP contribution in [0.5, 0.6) is 5.75 Å². The number of ether oxygens (including phenoxy) is 1. The maximum Gasteiger partial charge on any atom is 0.252 e. The van der Waals surface area contributed by atoms with Gasteiger partial charge in [0, 0.05) is 5.69 Å². The minimum atomic E-state index is -0.892. The lowest BCUT2D eigenvalue weighted by molar-refractivity contribution is -0.137. The van der Waals surface area contributed by atoms with Crippen LogP contribution in [0.2, 0.25) is 0 Å². The Bertz CT molecular complexity index is 581. The van der Waals surface area contributed by atoms with Gasteiger partial charge in [-0.05, 0) is 51.0 Å². The number of methoxy groups -OCH3 is 1. The standard InChI is InChI=1S/C16H22N2O3/c1-6-12-14(19)17-16(3,4)15(20)18(12)11-7-8-13(21-5)10(2)9-11/h7-9,12H,6H2,1-5H3,(H,17,19). The van der Waals surface area contributed by atoms with Gasteiger partial charge in [-0.1, -0.05) is 6.92 Å². The van der Waals surface area contributed by atoms with Gasteiger partial charge >= 0.3 is 0 Å². The lowest BCUT2D eigenvalue weighted by atomic mass is 9.94. The number of rotatable bonds is 3. The van der Waals surface area contributed by atoms with Crippen molar-refractivity contribution in [3.8, 4) is 5.75 Å². The zero-order valence-electron chi connectivity index (χ0n) is 13.2. The molecule has 5 nitrogen and oxygen atoms in total. The number of benzene rings is 1. The molecule has 1 aliphatic heterocycles. The number of hydrogen-bond acceptors (Lipinski definition) is 3. The van der Waals surface area contributed by atoms with Crippen LogP contribution in [0, 0.1) is 6.92 Å². The first-order valence-electron chi connectivity index (χ1n) is 7.12. The minimum absolute atomic E-state index is 0.0986. The van der Waals surface area contributed by atoms with Crippen LogP contribution < -0.4 is 15.0 Å². The van der Waals surface area contributed by atoms with Crippen molar-refractivity contribution < 1.29 is 14.3 Å². The summed E-state index contributed by atoms with van der Waals surface area (Å²) < 4.78 is 5.25. The molecule has 0 saturated carbocycles. The highest BCUT2D eigenvalue weighted by Crippen LogP contribution is 2.30. The quantitative estimate of drug-likeness (QED) is 0.926. The maximum atomic E-state index is 12.7. The van der Waals surface area contributed by atoms with Crippen LogP contribution in [-0.2, 0) is 9.59 Å². The first-order chi connectivity index (χ1) is 9.81. The van der Waals surface area contributed by atoms with E-state index in [1.54, 1.807) is 25.9 Å². The highest BCUT2D eigenvalue weighted by molar-refractivity contribution is 6.10. The molecule has 1 unspecified atom stereocenters. The molecule has 1 aromatic carbocycles. The summed E-state index contributed by atoms with van der Waals surface area (Å²) >= 11 is 0. The van der Waals surface area contributed by atoms with Crippen molar-refractivity contribution in [3.63, 3.8) is 0 Å². The first kappa shape index (κ1) is 15.4. The fourth-order valence-electron chi connectivity index (χ4n) is 2.68. The molecule has 2 amide bonds. The van der Waals surface area contributed by atoms with Gasteiger partial charge in [-0.25, -0.2) is 0 Å². The third-order valence-electron chi connectivity index (χ3n) is 3.85. The topological polar surface area (TPSA) is 58.6 Å². The van der Waals surface area contributed by atoms with E-state index in [2.05, 4.69) is 5.32 Å². The maximum absolute atomic E-state index is 12.7. The molecule has 114 valence electrons. The number of anilines is 1. The Morgan fingerprint density at radius 1 is 1.33 bits per heavy atom. The van der Waals surface area contributed by atoms with Crippen LogP contribution >= 0.6 is 0 Å². The Labute approximate surface area is 125 Å². The number of nitrogens with one attached hydrogen (secondary N) is 1. The number of piperazine rings is 1. The fraction of sp³-hybridized carbons (Fsp3) is 0.500. The average molecular weight is 290 g/mol. The van der Waals surface area contributed by atoms with E-state index in [-0.39, 0.29) is 11.8 Å². The van der Waals surface area contributed by atoms with Crippen LogP contribution in [-0.4, -0.2) is 30.5 Å². The number of aryl methyl sites for hydroxylation is 1. The smallest absolute Gasteiger partial charge is 0.252 e. The second-order valence-corrected chi connectivity index (χ2v) is 5.87. The molecule has 1 aliphatic rings. The number of hydrogen-bond donors (Lipinski definition) is 1. The van der Waals surface area contributed by atoms with E-state index in [0.29, 0.717) is 6.42 Å². The molecule has 1 aromatic rings. The van der Waals surface area contributed by atoms with E-state index in [1.165, 1.54) is 0 Å². The fourth-order valence-corrected chi connectivity index (χ4v) is 2.68. The summed E-state index contributed by atoms with van der Waals surface area (Å²) in [6, 6.07) is 5.05. The molecule has 2 rings (SSSR count). The SMILES string of the molecule is CCC1C(=O)NC(C)(C)C(=O)N1c1ccc(OC)c(C)c1. The predicted molar refractivity (Wildman–Crippen MR) is 81.5 cm³/mol. The molecule has 1 atom stereocenters. The summed E-state index contributed by atoms with van der Waals surface area (Å²) in [6.45, 7) is 7.27. The Kier molecular flexibility index (Phi) is 3.94. The zero-order valence-corrected chi connectivity index (χ0v) is 13.2. The lowest BCUT2D eigenvalue weighted by Crippen LogP contribution is -2.68. The summed E-state index contributed by atoms with van der Waals surface area (Å²) in [5, 5.41) is 2.79. The van der Waals surface area contributed by atoms with E-state index in [4.69, 9.17) is 4.74 Å². The van der Waals surface area contributed by atoms with Gasteiger partial charge in [0.05, 0.1) is 7.11 Å². The van der Waals surface area contributed by atoms with Crippen molar-refractivity contribution in [1.82, 2.24) is 5.32 Å². The molecule has 21 heavy (non-hydrogen) atoms. The molecule has 0 aromatic heterocycles. The van der Waals surface area contributed by atoms with Gasteiger partial charge < -0.3 is 10.1 Å². The van der Waals surface area contributed by atoms with Crippen molar-refractivity contribution in [2.24, 2.45) is 0 Å². The van der Waals surface area contributed by atoms with Crippen LogP contribution in [0.3, 0.4) is 0 Å². The van der Waals surface area contributed by atoms with Gasteiger partial charge in [0.25, 0.3) is 5.91 Å². The molecular formula is C16H22N2O3. The van der Waals surface area contributed by atoms with Crippen molar-refractivity contribution in [2.45, 2.75) is 45.7 Å².